The van der Waals surface area contributed by atoms with Gasteiger partial charge in [0.2, 0.25) is 0 Å². The summed E-state index contributed by atoms with van der Waals surface area (Å²) in [6, 6.07) is 0. The molecule has 3 N–H and O–H groups in total. The number of nitrogen functional groups attached to an aromatic ring is 1. The molecule has 0 radical (unpaired) electrons. The Morgan fingerprint density at radius 1 is 1.56 bits per heavy atom. The van der Waals surface area contributed by atoms with Crippen LogP contribution < -0.4 is 15.8 Å². The highest BCUT2D eigenvalue weighted by atomic mass is 32.1. The van der Waals surface area contributed by atoms with Gasteiger partial charge in [0.15, 0.2) is 16.6 Å². The van der Waals surface area contributed by atoms with E-state index < -0.39 is 0 Å². The standard InChI is InChI=1S/C11H19N3OS/c1-2-15-9-10(12)14-16-11(9)13-7-6-8-4-3-5-8/h8,13H,2-7H2,1H3,(H2,12,14). The molecule has 0 atom stereocenters. The fourth-order valence-electron chi connectivity index (χ4n) is 1.86. The number of anilines is 2. The first-order valence-corrected chi connectivity index (χ1v) is 6.70. The van der Waals surface area contributed by atoms with E-state index in [0.29, 0.717) is 12.4 Å². The number of nitrogens with zero attached hydrogens (tertiary/aromatic N) is 1. The van der Waals surface area contributed by atoms with Crippen LogP contribution >= 0.6 is 11.5 Å². The molecule has 4 nitrogen and oxygen atoms in total. The molecule has 0 aliphatic heterocycles. The predicted octanol–water partition coefficient (Wildman–Crippen LogP) is 2.73. The fraction of sp³-hybridized carbons (Fsp3) is 0.727. The van der Waals surface area contributed by atoms with E-state index >= 15 is 0 Å². The summed E-state index contributed by atoms with van der Waals surface area (Å²) < 4.78 is 9.57. The van der Waals surface area contributed by atoms with Gasteiger partial charge in [-0.25, -0.2) is 0 Å². The number of aromatic nitrogens is 1. The maximum Gasteiger partial charge on any atom is 0.197 e. The van der Waals surface area contributed by atoms with Crippen molar-refractivity contribution in [2.24, 2.45) is 5.92 Å². The van der Waals surface area contributed by atoms with Crippen LogP contribution in [0.5, 0.6) is 5.75 Å². The van der Waals surface area contributed by atoms with Crippen LogP contribution in [-0.4, -0.2) is 17.5 Å². The van der Waals surface area contributed by atoms with Gasteiger partial charge in [-0.2, -0.15) is 4.37 Å². The van der Waals surface area contributed by atoms with E-state index in [9.17, 15) is 0 Å². The van der Waals surface area contributed by atoms with Crippen LogP contribution in [0.2, 0.25) is 0 Å². The minimum absolute atomic E-state index is 0.498. The first-order valence-electron chi connectivity index (χ1n) is 5.93. The molecular formula is C11H19N3OS. The van der Waals surface area contributed by atoms with Crippen LogP contribution in [0.15, 0.2) is 0 Å². The summed E-state index contributed by atoms with van der Waals surface area (Å²) in [6.07, 6.45) is 5.43. The van der Waals surface area contributed by atoms with Crippen molar-refractivity contribution in [3.8, 4) is 5.75 Å². The van der Waals surface area contributed by atoms with Crippen molar-refractivity contribution in [2.45, 2.75) is 32.6 Å². The summed E-state index contributed by atoms with van der Waals surface area (Å²) in [7, 11) is 0. The minimum Gasteiger partial charge on any atom is -0.487 e. The number of ether oxygens (including phenoxy) is 1. The zero-order valence-corrected chi connectivity index (χ0v) is 10.5. The Balaban J connectivity index is 1.82. The zero-order chi connectivity index (χ0) is 11.4. The van der Waals surface area contributed by atoms with Gasteiger partial charge in [-0.1, -0.05) is 19.3 Å². The zero-order valence-electron chi connectivity index (χ0n) is 9.66. The van der Waals surface area contributed by atoms with Gasteiger partial charge in [-0.3, -0.25) is 0 Å². The van der Waals surface area contributed by atoms with E-state index in [-0.39, 0.29) is 0 Å². The van der Waals surface area contributed by atoms with Crippen LogP contribution in [0.25, 0.3) is 0 Å². The first-order chi connectivity index (χ1) is 7.81. The molecule has 1 aliphatic rings. The third-order valence-corrected chi connectivity index (χ3v) is 3.83. The second-order valence-corrected chi connectivity index (χ2v) is 4.94. The van der Waals surface area contributed by atoms with Gasteiger partial charge in [0.1, 0.15) is 0 Å². The van der Waals surface area contributed by atoms with Gasteiger partial charge >= 0.3 is 0 Å². The van der Waals surface area contributed by atoms with Crippen LogP contribution in [0, 0.1) is 5.92 Å². The molecule has 0 aromatic carbocycles. The van der Waals surface area contributed by atoms with Gasteiger partial charge < -0.3 is 15.8 Å². The van der Waals surface area contributed by atoms with Crippen molar-refractivity contribution >= 4 is 22.4 Å². The lowest BCUT2D eigenvalue weighted by Gasteiger charge is -2.25. The quantitative estimate of drug-likeness (QED) is 0.804. The highest BCUT2D eigenvalue weighted by Gasteiger charge is 2.17. The molecule has 16 heavy (non-hydrogen) atoms. The van der Waals surface area contributed by atoms with Crippen LogP contribution in [0.3, 0.4) is 0 Å². The number of hydrogen-bond acceptors (Lipinski definition) is 5. The summed E-state index contributed by atoms with van der Waals surface area (Å²) in [5.41, 5.74) is 5.73. The highest BCUT2D eigenvalue weighted by Crippen LogP contribution is 2.35. The van der Waals surface area contributed by atoms with Crippen molar-refractivity contribution < 1.29 is 4.74 Å². The molecule has 0 saturated heterocycles. The number of rotatable bonds is 6. The summed E-state index contributed by atoms with van der Waals surface area (Å²) >= 11 is 1.38. The van der Waals surface area contributed by atoms with Gasteiger partial charge in [0, 0.05) is 6.54 Å². The topological polar surface area (TPSA) is 60.2 Å². The summed E-state index contributed by atoms with van der Waals surface area (Å²) in [4.78, 5) is 0. The van der Waals surface area contributed by atoms with Gasteiger partial charge in [-0.05, 0) is 30.8 Å². The van der Waals surface area contributed by atoms with E-state index in [1.54, 1.807) is 0 Å². The molecule has 1 saturated carbocycles. The molecule has 0 bridgehead atoms. The second-order valence-electron chi connectivity index (χ2n) is 4.17. The first kappa shape index (κ1) is 11.5. The lowest BCUT2D eigenvalue weighted by Crippen LogP contribution is -2.15. The fourth-order valence-corrected chi connectivity index (χ4v) is 2.55. The number of hydrogen-bond donors (Lipinski definition) is 2. The SMILES string of the molecule is CCOc1c(N)nsc1NCCC1CCC1. The highest BCUT2D eigenvalue weighted by molar-refractivity contribution is 7.11. The molecule has 1 heterocycles. The van der Waals surface area contributed by atoms with E-state index in [1.165, 1.54) is 37.2 Å². The van der Waals surface area contributed by atoms with E-state index in [0.717, 1.165) is 23.2 Å². The molecule has 1 aromatic heterocycles. The summed E-state index contributed by atoms with van der Waals surface area (Å²) in [6.45, 7) is 3.57. The maximum absolute atomic E-state index is 5.73. The molecule has 0 spiro atoms. The Hall–Kier alpha value is -0.970. The molecule has 2 rings (SSSR count). The molecule has 0 unspecified atom stereocenters. The number of nitrogens with one attached hydrogen (secondary N) is 1. The molecule has 90 valence electrons. The molecule has 1 aromatic rings. The smallest absolute Gasteiger partial charge is 0.197 e. The average Bonchev–Trinajstić information content (AvgIpc) is 2.54. The minimum atomic E-state index is 0.498. The Bertz CT molecular complexity index is 336. The Morgan fingerprint density at radius 3 is 3.00 bits per heavy atom. The third-order valence-electron chi connectivity index (χ3n) is 3.03. The van der Waals surface area contributed by atoms with Crippen LogP contribution in [0.4, 0.5) is 10.8 Å². The van der Waals surface area contributed by atoms with Gasteiger partial charge in [0.25, 0.3) is 0 Å². The average molecular weight is 241 g/mol. The molecule has 1 fully saturated rings. The monoisotopic (exact) mass is 241 g/mol. The third kappa shape index (κ3) is 2.58. The van der Waals surface area contributed by atoms with E-state index in [1.807, 2.05) is 6.92 Å². The van der Waals surface area contributed by atoms with Crippen LogP contribution in [-0.2, 0) is 0 Å². The summed E-state index contributed by atoms with van der Waals surface area (Å²) in [5.74, 6) is 2.15. The Morgan fingerprint density at radius 2 is 2.38 bits per heavy atom. The van der Waals surface area contributed by atoms with Crippen molar-refractivity contribution in [1.29, 1.82) is 0 Å². The Kier molecular flexibility index (Phi) is 3.88. The lowest BCUT2D eigenvalue weighted by atomic mass is 9.83. The predicted molar refractivity (Wildman–Crippen MR) is 68.1 cm³/mol. The van der Waals surface area contributed by atoms with E-state index in [4.69, 9.17) is 10.5 Å². The van der Waals surface area contributed by atoms with Crippen molar-refractivity contribution in [3.05, 3.63) is 0 Å². The van der Waals surface area contributed by atoms with Gasteiger partial charge in [0.05, 0.1) is 6.61 Å². The molecule has 5 heteroatoms. The van der Waals surface area contributed by atoms with Crippen molar-refractivity contribution in [2.75, 3.05) is 24.2 Å². The second kappa shape index (κ2) is 5.39. The van der Waals surface area contributed by atoms with Crippen molar-refractivity contribution in [3.63, 3.8) is 0 Å². The largest absolute Gasteiger partial charge is 0.487 e. The maximum atomic E-state index is 5.73. The normalized spacial score (nSPS) is 15.8. The van der Waals surface area contributed by atoms with E-state index in [2.05, 4.69) is 9.69 Å². The van der Waals surface area contributed by atoms with Gasteiger partial charge in [-0.15, -0.1) is 0 Å². The van der Waals surface area contributed by atoms with Crippen molar-refractivity contribution in [1.82, 2.24) is 4.37 Å². The van der Waals surface area contributed by atoms with Crippen LogP contribution in [0.1, 0.15) is 32.6 Å². The number of nitrogens with two attached hydrogens (primary N) is 1. The summed E-state index contributed by atoms with van der Waals surface area (Å²) in [5, 5.41) is 4.34. The molecule has 0 amide bonds. The Labute approximate surface area is 100 Å². The molecular weight excluding hydrogens is 222 g/mol. The molecule has 1 aliphatic carbocycles. The lowest BCUT2D eigenvalue weighted by molar-refractivity contribution is 0.302.